The summed E-state index contributed by atoms with van der Waals surface area (Å²) in [4.78, 5) is 0. The average Bonchev–Trinajstić information content (AvgIpc) is 3.11. The lowest BCUT2D eigenvalue weighted by Gasteiger charge is -2.25. The summed E-state index contributed by atoms with van der Waals surface area (Å²) < 4.78 is 5.94. The van der Waals surface area contributed by atoms with Crippen LogP contribution in [0.25, 0.3) is 0 Å². The van der Waals surface area contributed by atoms with Crippen molar-refractivity contribution >= 4 is 0 Å². The predicted octanol–water partition coefficient (Wildman–Crippen LogP) is 3.99. The second-order valence-electron chi connectivity index (χ2n) is 8.33. The number of fused-ring (bicyclic) bond motifs is 1. The number of rotatable bonds is 1. The molecule has 0 aromatic heterocycles. The number of ether oxygens (including phenoxy) is 1. The maximum Gasteiger partial charge on any atom is 0.0920 e. The first kappa shape index (κ1) is 18.7. The van der Waals surface area contributed by atoms with Crippen molar-refractivity contribution < 1.29 is 14.9 Å². The van der Waals surface area contributed by atoms with Gasteiger partial charge in [0.05, 0.1) is 23.4 Å². The largest absolute Gasteiger partial charge is 0.389 e. The minimum atomic E-state index is -0.874. The molecule has 1 saturated heterocycles. The number of epoxide rings is 1. The van der Waals surface area contributed by atoms with E-state index >= 15 is 0 Å². The van der Waals surface area contributed by atoms with E-state index in [1.165, 1.54) is 0 Å². The van der Waals surface area contributed by atoms with E-state index in [1.807, 2.05) is 13.0 Å². The van der Waals surface area contributed by atoms with Crippen molar-refractivity contribution in [2.24, 2.45) is 11.8 Å². The molecule has 2 N–H and O–H groups in total. The van der Waals surface area contributed by atoms with Crippen LogP contribution in [0.2, 0.25) is 0 Å². The molecule has 132 valence electrons. The first-order valence-electron chi connectivity index (χ1n) is 9.08. The van der Waals surface area contributed by atoms with E-state index in [9.17, 15) is 10.2 Å². The van der Waals surface area contributed by atoms with E-state index in [4.69, 9.17) is 4.74 Å². The third-order valence-corrected chi connectivity index (χ3v) is 5.69. The highest BCUT2D eigenvalue weighted by Gasteiger charge is 2.51. The van der Waals surface area contributed by atoms with Gasteiger partial charge in [-0.1, -0.05) is 32.6 Å². The van der Waals surface area contributed by atoms with Gasteiger partial charge in [0.2, 0.25) is 0 Å². The Bertz CT molecular complexity index is 452. The van der Waals surface area contributed by atoms with E-state index in [0.717, 1.165) is 31.3 Å². The lowest BCUT2D eigenvalue weighted by Crippen LogP contribution is -2.25. The average molecular weight is 322 g/mol. The molecular formula is C20H34O3. The molecule has 23 heavy (non-hydrogen) atoms. The van der Waals surface area contributed by atoms with Gasteiger partial charge in [0.15, 0.2) is 0 Å². The van der Waals surface area contributed by atoms with Crippen LogP contribution in [0.15, 0.2) is 24.3 Å². The summed E-state index contributed by atoms with van der Waals surface area (Å²) in [5, 5.41) is 20.8. The van der Waals surface area contributed by atoms with Gasteiger partial charge in [0.1, 0.15) is 0 Å². The van der Waals surface area contributed by atoms with Gasteiger partial charge in [-0.25, -0.2) is 0 Å². The SMILES string of the molecule is C=C1CC[C@@H]2O[C@@]2(C)CC[C@@H](C(C)C)/C=C/[C@](C)(O)CC[C@@H]1O. The molecule has 2 rings (SSSR count). The summed E-state index contributed by atoms with van der Waals surface area (Å²) in [5.74, 6) is 0.993. The molecule has 0 bridgehead atoms. The van der Waals surface area contributed by atoms with Gasteiger partial charge < -0.3 is 14.9 Å². The van der Waals surface area contributed by atoms with Crippen LogP contribution in [0.1, 0.15) is 66.2 Å². The molecule has 0 aromatic rings. The summed E-state index contributed by atoms with van der Waals surface area (Å²) in [6.45, 7) is 12.5. The van der Waals surface area contributed by atoms with Crippen LogP contribution in [0.5, 0.6) is 0 Å². The zero-order chi connectivity index (χ0) is 17.3. The maximum absolute atomic E-state index is 10.5. The summed E-state index contributed by atoms with van der Waals surface area (Å²) in [5.41, 5.74) is -0.0281. The van der Waals surface area contributed by atoms with Gasteiger partial charge in [-0.15, -0.1) is 0 Å². The highest BCUT2D eigenvalue weighted by Crippen LogP contribution is 2.45. The molecule has 2 aliphatic rings. The van der Waals surface area contributed by atoms with E-state index in [1.54, 1.807) is 0 Å². The molecule has 0 aromatic carbocycles. The molecule has 5 atom stereocenters. The Morgan fingerprint density at radius 3 is 2.57 bits per heavy atom. The summed E-state index contributed by atoms with van der Waals surface area (Å²) >= 11 is 0. The minimum Gasteiger partial charge on any atom is -0.389 e. The highest BCUT2D eigenvalue weighted by molar-refractivity contribution is 5.09. The second kappa shape index (κ2) is 7.08. The summed E-state index contributed by atoms with van der Waals surface area (Å²) in [7, 11) is 0. The molecular weight excluding hydrogens is 288 g/mol. The van der Waals surface area contributed by atoms with E-state index in [0.29, 0.717) is 30.8 Å². The number of hydrogen-bond donors (Lipinski definition) is 2. The molecule has 3 heteroatoms. The summed E-state index contributed by atoms with van der Waals surface area (Å²) in [6.07, 6.45) is 8.81. The second-order valence-corrected chi connectivity index (χ2v) is 8.33. The number of aliphatic hydroxyl groups is 2. The van der Waals surface area contributed by atoms with Crippen molar-refractivity contribution in [3.05, 3.63) is 24.3 Å². The normalized spacial score (nSPS) is 44.5. The van der Waals surface area contributed by atoms with E-state index in [2.05, 4.69) is 33.4 Å². The molecule has 1 aliphatic heterocycles. The Hall–Kier alpha value is -0.640. The fourth-order valence-electron chi connectivity index (χ4n) is 3.51. The van der Waals surface area contributed by atoms with Gasteiger partial charge in [-0.05, 0) is 69.8 Å². The predicted molar refractivity (Wildman–Crippen MR) is 94.2 cm³/mol. The first-order chi connectivity index (χ1) is 10.6. The van der Waals surface area contributed by atoms with Crippen LogP contribution in [0.3, 0.4) is 0 Å². The van der Waals surface area contributed by atoms with Crippen molar-refractivity contribution in [2.75, 3.05) is 0 Å². The molecule has 0 unspecified atom stereocenters. The smallest absolute Gasteiger partial charge is 0.0920 e. The van der Waals surface area contributed by atoms with Gasteiger partial charge in [-0.3, -0.25) is 0 Å². The molecule has 0 amide bonds. The van der Waals surface area contributed by atoms with Crippen LogP contribution >= 0.6 is 0 Å². The fourth-order valence-corrected chi connectivity index (χ4v) is 3.51. The number of allylic oxidation sites excluding steroid dienone is 1. The number of aliphatic hydroxyl groups excluding tert-OH is 1. The molecule has 0 saturated carbocycles. The molecule has 0 spiro atoms. The van der Waals surface area contributed by atoms with Crippen molar-refractivity contribution in [1.82, 2.24) is 0 Å². The van der Waals surface area contributed by atoms with Crippen LogP contribution in [-0.4, -0.2) is 33.6 Å². The molecule has 1 heterocycles. The van der Waals surface area contributed by atoms with E-state index < -0.39 is 11.7 Å². The number of hydrogen-bond acceptors (Lipinski definition) is 3. The van der Waals surface area contributed by atoms with Crippen molar-refractivity contribution in [1.29, 1.82) is 0 Å². The van der Waals surface area contributed by atoms with Crippen LogP contribution in [-0.2, 0) is 4.74 Å². The van der Waals surface area contributed by atoms with E-state index in [-0.39, 0.29) is 5.60 Å². The van der Waals surface area contributed by atoms with Crippen molar-refractivity contribution in [2.45, 2.75) is 89.6 Å². The first-order valence-corrected chi connectivity index (χ1v) is 9.08. The standard InChI is InChI=1S/C20H34O3/c1-14(2)16-8-11-19(4,22)12-10-17(21)15(3)6-7-18-20(5,23-18)13-9-16/h8,11,14,16-18,21-22H,3,6-7,9-10,12-13H2,1-2,4-5H3/b11-8+/t16-,17-,18-,19-,20-/m0/s1. The zero-order valence-electron chi connectivity index (χ0n) is 15.2. The monoisotopic (exact) mass is 322 g/mol. The Balaban J connectivity index is 2.12. The summed E-state index contributed by atoms with van der Waals surface area (Å²) in [6, 6.07) is 0. The lowest BCUT2D eigenvalue weighted by atomic mass is 9.84. The fraction of sp³-hybridized carbons (Fsp3) is 0.800. The maximum atomic E-state index is 10.5. The van der Waals surface area contributed by atoms with Gasteiger partial charge in [-0.2, -0.15) is 0 Å². The topological polar surface area (TPSA) is 53.0 Å². The van der Waals surface area contributed by atoms with Crippen LogP contribution < -0.4 is 0 Å². The quantitative estimate of drug-likeness (QED) is 0.567. The van der Waals surface area contributed by atoms with Crippen molar-refractivity contribution in [3.8, 4) is 0 Å². The lowest BCUT2D eigenvalue weighted by molar-refractivity contribution is 0.0792. The van der Waals surface area contributed by atoms with Gasteiger partial charge in [0, 0.05) is 0 Å². The zero-order valence-corrected chi connectivity index (χ0v) is 15.2. The molecule has 1 aliphatic carbocycles. The Labute approximate surface area is 141 Å². The molecule has 1 fully saturated rings. The van der Waals surface area contributed by atoms with Gasteiger partial charge >= 0.3 is 0 Å². The Morgan fingerprint density at radius 1 is 1.22 bits per heavy atom. The molecule has 3 nitrogen and oxygen atoms in total. The van der Waals surface area contributed by atoms with Crippen LogP contribution in [0.4, 0.5) is 0 Å². The molecule has 0 radical (unpaired) electrons. The Morgan fingerprint density at radius 2 is 1.91 bits per heavy atom. The van der Waals surface area contributed by atoms with Crippen molar-refractivity contribution in [3.63, 3.8) is 0 Å². The third kappa shape index (κ3) is 5.17. The van der Waals surface area contributed by atoms with Crippen LogP contribution in [0, 0.1) is 11.8 Å². The third-order valence-electron chi connectivity index (χ3n) is 5.69. The highest BCUT2D eigenvalue weighted by atomic mass is 16.6. The van der Waals surface area contributed by atoms with Gasteiger partial charge in [0.25, 0.3) is 0 Å². The minimum absolute atomic E-state index is 0.0150. The Kier molecular flexibility index (Phi) is 5.76.